The molecule has 1 saturated heterocycles. The summed E-state index contributed by atoms with van der Waals surface area (Å²) in [6.07, 6.45) is 1.18. The number of rotatable bonds is 4. The quantitative estimate of drug-likeness (QED) is 0.198. The van der Waals surface area contributed by atoms with E-state index in [4.69, 9.17) is 28.2 Å². The smallest absolute Gasteiger partial charge is 0.281 e. The molecule has 32 heavy (non-hydrogen) atoms. The summed E-state index contributed by atoms with van der Waals surface area (Å²) in [4.78, 5) is 37.1. The molecule has 0 atom stereocenters. The van der Waals surface area contributed by atoms with E-state index in [1.165, 1.54) is 54.6 Å². The fourth-order valence-electron chi connectivity index (χ4n) is 3.09. The lowest BCUT2D eigenvalue weighted by Gasteiger charge is -2.28. The number of carbonyl (C=O) groups is 2. The van der Waals surface area contributed by atoms with Crippen molar-refractivity contribution in [3.8, 4) is 11.3 Å². The first-order valence-corrected chi connectivity index (χ1v) is 9.74. The number of nitro groups is 1. The molecule has 0 unspecified atom stereocenters. The molecule has 4 rings (SSSR count). The van der Waals surface area contributed by atoms with Gasteiger partial charge in [0, 0.05) is 11.1 Å². The van der Waals surface area contributed by atoms with Gasteiger partial charge < -0.3 is 4.42 Å². The zero-order valence-electron chi connectivity index (χ0n) is 15.9. The van der Waals surface area contributed by atoms with Crippen molar-refractivity contribution >= 4 is 58.2 Å². The standard InChI is InChI=1S/C21H11ClFN3O5S/c22-11-4-6-15(17(8-11)26(29)30)18-7-5-14(31-18)10-16-19(27)24-21(32)25(20(16)28)13-3-1-2-12(23)9-13/h1-10H,(H,24,27,32)/b16-10+. The van der Waals surface area contributed by atoms with Crippen LogP contribution in [0, 0.1) is 15.9 Å². The van der Waals surface area contributed by atoms with Crippen molar-refractivity contribution in [2.75, 3.05) is 4.90 Å². The number of thiocarbonyl (C=S) groups is 1. The first-order chi connectivity index (χ1) is 15.2. The van der Waals surface area contributed by atoms with Crippen LogP contribution in [0.5, 0.6) is 0 Å². The molecule has 1 aliphatic heterocycles. The minimum absolute atomic E-state index is 0.0924. The molecule has 0 saturated carbocycles. The Morgan fingerprint density at radius 1 is 1.16 bits per heavy atom. The summed E-state index contributed by atoms with van der Waals surface area (Å²) in [7, 11) is 0. The van der Waals surface area contributed by atoms with Gasteiger partial charge in [-0.25, -0.2) is 4.39 Å². The van der Waals surface area contributed by atoms with E-state index in [0.717, 1.165) is 11.0 Å². The lowest BCUT2D eigenvalue weighted by atomic mass is 10.1. The molecule has 1 aromatic heterocycles. The van der Waals surface area contributed by atoms with Gasteiger partial charge in [0.25, 0.3) is 17.5 Å². The molecule has 0 bridgehead atoms. The van der Waals surface area contributed by atoms with Gasteiger partial charge in [0.1, 0.15) is 22.9 Å². The first kappa shape index (κ1) is 21.3. The van der Waals surface area contributed by atoms with E-state index in [9.17, 15) is 24.1 Å². The van der Waals surface area contributed by atoms with E-state index in [1.54, 1.807) is 0 Å². The number of halogens is 2. The Balaban J connectivity index is 1.71. The summed E-state index contributed by atoms with van der Waals surface area (Å²) < 4.78 is 19.2. The first-order valence-electron chi connectivity index (χ1n) is 8.96. The van der Waals surface area contributed by atoms with Crippen molar-refractivity contribution in [1.82, 2.24) is 5.32 Å². The van der Waals surface area contributed by atoms with E-state index in [2.05, 4.69) is 5.32 Å². The third kappa shape index (κ3) is 4.01. The van der Waals surface area contributed by atoms with Gasteiger partial charge in [-0.15, -0.1) is 0 Å². The summed E-state index contributed by atoms with van der Waals surface area (Å²) >= 11 is 10.9. The van der Waals surface area contributed by atoms with Crippen molar-refractivity contribution in [2.24, 2.45) is 0 Å². The average molecular weight is 472 g/mol. The van der Waals surface area contributed by atoms with Crippen molar-refractivity contribution in [1.29, 1.82) is 0 Å². The molecule has 160 valence electrons. The normalized spacial score (nSPS) is 15.2. The van der Waals surface area contributed by atoms with E-state index in [-0.39, 0.29) is 44.2 Å². The molecule has 1 N–H and O–H groups in total. The highest BCUT2D eigenvalue weighted by Crippen LogP contribution is 2.34. The number of nitrogens with one attached hydrogen (secondary N) is 1. The van der Waals surface area contributed by atoms with E-state index in [0.29, 0.717) is 0 Å². The SMILES string of the molecule is O=C1NC(=S)N(c2cccc(F)c2)C(=O)/C1=C/c1ccc(-c2ccc(Cl)cc2[N+](=O)[O-])o1. The molecule has 0 aliphatic carbocycles. The number of carbonyl (C=O) groups excluding carboxylic acids is 2. The van der Waals surface area contributed by atoms with Crippen LogP contribution in [-0.4, -0.2) is 21.9 Å². The number of hydrogen-bond acceptors (Lipinski definition) is 6. The van der Waals surface area contributed by atoms with Crippen LogP contribution >= 0.6 is 23.8 Å². The van der Waals surface area contributed by atoms with Crippen LogP contribution in [0.1, 0.15) is 5.76 Å². The predicted octanol–water partition coefficient (Wildman–Crippen LogP) is 4.48. The number of nitro benzene ring substituents is 1. The number of amides is 2. The largest absolute Gasteiger partial charge is 0.456 e. The summed E-state index contributed by atoms with van der Waals surface area (Å²) in [5.74, 6) is -1.89. The number of anilines is 1. The minimum atomic E-state index is -0.778. The molecular weight excluding hydrogens is 461 g/mol. The second kappa shape index (κ2) is 8.33. The highest BCUT2D eigenvalue weighted by atomic mass is 35.5. The molecule has 0 spiro atoms. The Kier molecular flexibility index (Phi) is 5.56. The average Bonchev–Trinajstić information content (AvgIpc) is 3.19. The van der Waals surface area contributed by atoms with E-state index < -0.39 is 22.6 Å². The number of nitrogens with zero attached hydrogens (tertiary/aromatic N) is 2. The van der Waals surface area contributed by atoms with Gasteiger partial charge in [-0.1, -0.05) is 17.7 Å². The van der Waals surface area contributed by atoms with Gasteiger partial charge in [0.15, 0.2) is 5.11 Å². The Morgan fingerprint density at radius 3 is 2.66 bits per heavy atom. The van der Waals surface area contributed by atoms with Crippen molar-refractivity contribution < 1.29 is 23.3 Å². The minimum Gasteiger partial charge on any atom is -0.456 e. The molecule has 11 heteroatoms. The van der Waals surface area contributed by atoms with Gasteiger partial charge in [-0.3, -0.25) is 29.9 Å². The summed E-state index contributed by atoms with van der Waals surface area (Å²) in [6.45, 7) is 0. The fraction of sp³-hybridized carbons (Fsp3) is 0. The molecule has 8 nitrogen and oxygen atoms in total. The number of hydrogen-bond donors (Lipinski definition) is 1. The Morgan fingerprint density at radius 2 is 1.94 bits per heavy atom. The lowest BCUT2D eigenvalue weighted by Crippen LogP contribution is -2.54. The number of furan rings is 1. The summed E-state index contributed by atoms with van der Waals surface area (Å²) in [5.41, 5.74) is -0.261. The van der Waals surface area contributed by atoms with Crippen LogP contribution in [-0.2, 0) is 9.59 Å². The highest BCUT2D eigenvalue weighted by molar-refractivity contribution is 7.80. The zero-order valence-corrected chi connectivity index (χ0v) is 17.4. The topological polar surface area (TPSA) is 106 Å². The molecule has 1 fully saturated rings. The van der Waals surface area contributed by atoms with Crippen LogP contribution in [0.2, 0.25) is 5.02 Å². The summed E-state index contributed by atoms with van der Waals surface area (Å²) in [6, 6.07) is 12.2. The predicted molar refractivity (Wildman–Crippen MR) is 118 cm³/mol. The van der Waals surface area contributed by atoms with Crippen LogP contribution < -0.4 is 10.2 Å². The van der Waals surface area contributed by atoms with Crippen LogP contribution in [0.4, 0.5) is 15.8 Å². The van der Waals surface area contributed by atoms with Gasteiger partial charge in [-0.05, 0) is 60.8 Å². The molecule has 2 amide bonds. The van der Waals surface area contributed by atoms with Gasteiger partial charge in [0.05, 0.1) is 16.2 Å². The molecule has 1 aliphatic rings. The fourth-order valence-corrected chi connectivity index (χ4v) is 3.54. The Hall–Kier alpha value is -3.89. The maximum absolute atomic E-state index is 13.6. The van der Waals surface area contributed by atoms with Crippen LogP contribution in [0.3, 0.4) is 0 Å². The Bertz CT molecular complexity index is 1340. The molecule has 3 aromatic rings. The molecule has 0 radical (unpaired) electrons. The van der Waals surface area contributed by atoms with Crippen LogP contribution in [0.25, 0.3) is 17.4 Å². The van der Waals surface area contributed by atoms with Crippen molar-refractivity contribution in [3.05, 3.63) is 86.9 Å². The second-order valence-electron chi connectivity index (χ2n) is 6.56. The third-order valence-electron chi connectivity index (χ3n) is 4.50. The molecule has 2 aromatic carbocycles. The second-order valence-corrected chi connectivity index (χ2v) is 7.38. The van der Waals surface area contributed by atoms with E-state index in [1.807, 2.05) is 0 Å². The van der Waals surface area contributed by atoms with Crippen molar-refractivity contribution in [3.63, 3.8) is 0 Å². The monoisotopic (exact) mass is 471 g/mol. The van der Waals surface area contributed by atoms with E-state index >= 15 is 0 Å². The number of benzene rings is 2. The van der Waals surface area contributed by atoms with Crippen LogP contribution in [0.15, 0.2) is 64.6 Å². The third-order valence-corrected chi connectivity index (χ3v) is 5.02. The van der Waals surface area contributed by atoms with Gasteiger partial charge >= 0.3 is 0 Å². The maximum Gasteiger partial charge on any atom is 0.281 e. The summed E-state index contributed by atoms with van der Waals surface area (Å²) in [5, 5.41) is 13.7. The van der Waals surface area contributed by atoms with Gasteiger partial charge in [-0.2, -0.15) is 0 Å². The molecule has 2 heterocycles. The lowest BCUT2D eigenvalue weighted by molar-refractivity contribution is -0.384. The van der Waals surface area contributed by atoms with Gasteiger partial charge in [0.2, 0.25) is 0 Å². The van der Waals surface area contributed by atoms with Crippen molar-refractivity contribution in [2.45, 2.75) is 0 Å². The maximum atomic E-state index is 13.6. The molecular formula is C21H11ClFN3O5S. The zero-order chi connectivity index (χ0) is 23.0. The highest BCUT2D eigenvalue weighted by Gasteiger charge is 2.35. The Labute approximate surface area is 190 Å².